The lowest BCUT2D eigenvalue weighted by Gasteiger charge is -2.32. The molecule has 2 N–H and O–H groups in total. The van der Waals surface area contributed by atoms with E-state index in [-0.39, 0.29) is 17.4 Å². The molecular weight excluding hydrogens is 288 g/mol. The molecule has 1 aliphatic heterocycles. The van der Waals surface area contributed by atoms with Crippen LogP contribution >= 0.6 is 11.8 Å². The number of nitrogens with zero attached hydrogens (tertiary/aromatic N) is 1. The Bertz CT molecular complexity index is 419. The van der Waals surface area contributed by atoms with Gasteiger partial charge in [-0.1, -0.05) is 6.92 Å². The molecule has 21 heavy (non-hydrogen) atoms. The number of carbonyl (C=O) groups is 2. The van der Waals surface area contributed by atoms with Crippen molar-refractivity contribution in [3.8, 4) is 0 Å². The maximum atomic E-state index is 12.6. The van der Waals surface area contributed by atoms with Crippen LogP contribution in [-0.2, 0) is 4.79 Å². The van der Waals surface area contributed by atoms with E-state index in [9.17, 15) is 14.7 Å². The molecule has 2 saturated carbocycles. The van der Waals surface area contributed by atoms with Gasteiger partial charge in [0.2, 0.25) is 0 Å². The van der Waals surface area contributed by atoms with Crippen LogP contribution in [0.15, 0.2) is 0 Å². The zero-order chi connectivity index (χ0) is 15.0. The average Bonchev–Trinajstić information content (AvgIpc) is 3.19. The molecule has 2 aliphatic carbocycles. The van der Waals surface area contributed by atoms with Crippen LogP contribution in [0.2, 0.25) is 0 Å². The zero-order valence-corrected chi connectivity index (χ0v) is 13.3. The monoisotopic (exact) mass is 312 g/mol. The molecule has 118 valence electrons. The third kappa shape index (κ3) is 3.30. The number of hydrogen-bond acceptors (Lipinski definition) is 3. The fraction of sp³-hybridized carbons (Fsp3) is 0.867. The van der Waals surface area contributed by atoms with E-state index in [2.05, 4.69) is 12.2 Å². The minimum atomic E-state index is -0.877. The van der Waals surface area contributed by atoms with E-state index in [4.69, 9.17) is 0 Å². The third-order valence-corrected chi connectivity index (χ3v) is 6.38. The van der Waals surface area contributed by atoms with Gasteiger partial charge in [0, 0.05) is 11.8 Å². The van der Waals surface area contributed by atoms with Crippen molar-refractivity contribution in [3.63, 3.8) is 0 Å². The molecule has 1 saturated heterocycles. The second-order valence-electron chi connectivity index (χ2n) is 6.73. The van der Waals surface area contributed by atoms with E-state index < -0.39 is 12.0 Å². The summed E-state index contributed by atoms with van der Waals surface area (Å²) in [6, 6.07) is -0.611. The van der Waals surface area contributed by atoms with E-state index in [1.165, 1.54) is 0 Å². The lowest BCUT2D eigenvalue weighted by molar-refractivity contribution is -0.141. The molecule has 2 amide bonds. The normalized spacial score (nSPS) is 36.5. The number of hydrogen-bond donors (Lipinski definition) is 2. The smallest absolute Gasteiger partial charge is 0.327 e. The number of rotatable bonds is 3. The van der Waals surface area contributed by atoms with Crippen LogP contribution in [-0.4, -0.2) is 45.2 Å². The van der Waals surface area contributed by atoms with Gasteiger partial charge in [0.1, 0.15) is 6.04 Å². The molecule has 5 nitrogen and oxygen atoms in total. The van der Waals surface area contributed by atoms with Crippen molar-refractivity contribution in [3.05, 3.63) is 0 Å². The van der Waals surface area contributed by atoms with Crippen molar-refractivity contribution in [2.45, 2.75) is 62.9 Å². The van der Waals surface area contributed by atoms with Crippen molar-refractivity contribution in [1.82, 2.24) is 10.2 Å². The predicted octanol–water partition coefficient (Wildman–Crippen LogP) is 2.51. The van der Waals surface area contributed by atoms with Gasteiger partial charge in [0.25, 0.3) is 0 Å². The summed E-state index contributed by atoms with van der Waals surface area (Å²) in [7, 11) is 0. The Kier molecular flexibility index (Phi) is 4.33. The molecule has 3 aliphatic rings. The fourth-order valence-corrected chi connectivity index (χ4v) is 5.00. The van der Waals surface area contributed by atoms with Crippen LogP contribution in [0.5, 0.6) is 0 Å². The van der Waals surface area contributed by atoms with Crippen molar-refractivity contribution in [1.29, 1.82) is 0 Å². The summed E-state index contributed by atoms with van der Waals surface area (Å²) in [5, 5.41) is 12.5. The first-order valence-electron chi connectivity index (χ1n) is 7.99. The summed E-state index contributed by atoms with van der Waals surface area (Å²) in [4.78, 5) is 25.6. The van der Waals surface area contributed by atoms with Crippen LogP contribution in [0.3, 0.4) is 0 Å². The molecule has 0 radical (unpaired) electrons. The Morgan fingerprint density at radius 1 is 1.14 bits per heavy atom. The average molecular weight is 312 g/mol. The number of amides is 2. The van der Waals surface area contributed by atoms with Crippen LogP contribution in [0.1, 0.15) is 45.4 Å². The van der Waals surface area contributed by atoms with Crippen molar-refractivity contribution in [2.75, 3.05) is 5.75 Å². The zero-order valence-electron chi connectivity index (χ0n) is 12.5. The summed E-state index contributed by atoms with van der Waals surface area (Å²) >= 11 is 1.63. The van der Waals surface area contributed by atoms with Gasteiger partial charge in [-0.2, -0.15) is 0 Å². The number of carbonyl (C=O) groups excluding carboxylic acids is 1. The van der Waals surface area contributed by atoms with Crippen LogP contribution in [0.4, 0.5) is 4.79 Å². The second kappa shape index (κ2) is 6.07. The molecule has 3 rings (SSSR count). The first kappa shape index (κ1) is 15.0. The Labute approximate surface area is 129 Å². The minimum Gasteiger partial charge on any atom is -0.480 e. The molecule has 0 aromatic carbocycles. The van der Waals surface area contributed by atoms with E-state index in [1.807, 2.05) is 0 Å². The molecule has 3 fully saturated rings. The standard InChI is InChI=1S/C15H24N2O3S/c1-9-2-6-11(7-3-9)16-15(20)17-12(14(18)19)8-21-13(17)10-4-5-10/h9-13H,2-8H2,1H3,(H,16,20)(H,18,19). The first-order valence-corrected chi connectivity index (χ1v) is 9.04. The summed E-state index contributed by atoms with van der Waals surface area (Å²) in [5.74, 6) is 0.882. The topological polar surface area (TPSA) is 69.6 Å². The highest BCUT2D eigenvalue weighted by Gasteiger charge is 2.48. The Hall–Kier alpha value is -0.910. The maximum absolute atomic E-state index is 12.6. The van der Waals surface area contributed by atoms with Gasteiger partial charge in [0.15, 0.2) is 0 Å². The number of aliphatic carboxylic acids is 1. The number of carboxylic acids is 1. The molecule has 2 atom stereocenters. The van der Waals surface area contributed by atoms with Gasteiger partial charge in [-0.25, -0.2) is 9.59 Å². The minimum absolute atomic E-state index is 0.0635. The largest absolute Gasteiger partial charge is 0.480 e. The molecule has 0 aromatic rings. The van der Waals surface area contributed by atoms with Crippen LogP contribution in [0.25, 0.3) is 0 Å². The molecule has 0 spiro atoms. The second-order valence-corrected chi connectivity index (χ2v) is 7.88. The van der Waals surface area contributed by atoms with E-state index in [0.29, 0.717) is 11.7 Å². The molecule has 6 heteroatoms. The van der Waals surface area contributed by atoms with Gasteiger partial charge in [-0.15, -0.1) is 11.8 Å². The molecule has 0 aromatic heterocycles. The van der Waals surface area contributed by atoms with E-state index >= 15 is 0 Å². The highest BCUT2D eigenvalue weighted by atomic mass is 32.2. The van der Waals surface area contributed by atoms with Gasteiger partial charge >= 0.3 is 12.0 Å². The summed E-state index contributed by atoms with van der Waals surface area (Å²) in [6.45, 7) is 2.25. The SMILES string of the molecule is CC1CCC(NC(=O)N2C(C(=O)O)CSC2C2CC2)CC1. The van der Waals surface area contributed by atoms with E-state index in [1.54, 1.807) is 16.7 Å². The van der Waals surface area contributed by atoms with Crippen molar-refractivity contribution in [2.24, 2.45) is 11.8 Å². The van der Waals surface area contributed by atoms with Gasteiger partial charge < -0.3 is 10.4 Å². The number of carboxylic acid groups (broad SMARTS) is 1. The lowest BCUT2D eigenvalue weighted by Crippen LogP contribution is -2.53. The van der Waals surface area contributed by atoms with Gasteiger partial charge in [0.05, 0.1) is 5.37 Å². The summed E-state index contributed by atoms with van der Waals surface area (Å²) in [6.07, 6.45) is 6.56. The highest BCUT2D eigenvalue weighted by molar-refractivity contribution is 8.00. The number of urea groups is 1. The van der Waals surface area contributed by atoms with Gasteiger partial charge in [-0.05, 0) is 50.4 Å². The Morgan fingerprint density at radius 2 is 1.81 bits per heavy atom. The number of thioether (sulfide) groups is 1. The molecule has 1 heterocycles. The Morgan fingerprint density at radius 3 is 2.38 bits per heavy atom. The maximum Gasteiger partial charge on any atom is 0.327 e. The van der Waals surface area contributed by atoms with Crippen LogP contribution in [0, 0.1) is 11.8 Å². The third-order valence-electron chi connectivity index (χ3n) is 4.92. The number of nitrogens with one attached hydrogen (secondary N) is 1. The summed E-state index contributed by atoms with van der Waals surface area (Å²) in [5.41, 5.74) is 0. The Balaban J connectivity index is 1.63. The highest BCUT2D eigenvalue weighted by Crippen LogP contribution is 2.45. The summed E-state index contributed by atoms with van der Waals surface area (Å²) < 4.78 is 0. The van der Waals surface area contributed by atoms with Gasteiger partial charge in [-0.3, -0.25) is 4.90 Å². The van der Waals surface area contributed by atoms with Crippen molar-refractivity contribution < 1.29 is 14.7 Å². The predicted molar refractivity (Wildman–Crippen MR) is 82.2 cm³/mol. The quantitative estimate of drug-likeness (QED) is 0.840. The van der Waals surface area contributed by atoms with Crippen LogP contribution < -0.4 is 5.32 Å². The first-order chi connectivity index (χ1) is 10.1. The molecular formula is C15H24N2O3S. The lowest BCUT2D eigenvalue weighted by atomic mass is 9.87. The molecule has 2 unspecified atom stereocenters. The molecule has 0 bridgehead atoms. The van der Waals surface area contributed by atoms with Crippen molar-refractivity contribution >= 4 is 23.8 Å². The van der Waals surface area contributed by atoms with E-state index in [0.717, 1.165) is 44.4 Å². The fourth-order valence-electron chi connectivity index (χ4n) is 3.37.